The van der Waals surface area contributed by atoms with Gasteiger partial charge < -0.3 is 16.2 Å². The summed E-state index contributed by atoms with van der Waals surface area (Å²) in [6.07, 6.45) is 0. The summed E-state index contributed by atoms with van der Waals surface area (Å²) in [5, 5.41) is 11.8. The summed E-state index contributed by atoms with van der Waals surface area (Å²) in [5.74, 6) is -1.40. The molecule has 0 saturated heterocycles. The van der Waals surface area contributed by atoms with Gasteiger partial charge in [0.25, 0.3) is 5.91 Å². The van der Waals surface area contributed by atoms with E-state index in [0.717, 1.165) is 0 Å². The molecule has 102 valence electrons. The number of carbonyl (C=O) groups is 2. The number of halogens is 1. The molecule has 0 radical (unpaired) electrons. The van der Waals surface area contributed by atoms with Crippen LogP contribution in [-0.4, -0.2) is 17.0 Å². The minimum atomic E-state index is -1.02. The normalized spacial score (nSPS) is 10.1. The van der Waals surface area contributed by atoms with Crippen molar-refractivity contribution in [3.8, 4) is 0 Å². The summed E-state index contributed by atoms with van der Waals surface area (Å²) in [6, 6.07) is 10.4. The molecule has 5 nitrogen and oxygen atoms in total. The molecule has 1 amide bonds. The number of carboxylic acid groups (broad SMARTS) is 1. The van der Waals surface area contributed by atoms with E-state index in [1.165, 1.54) is 36.4 Å². The number of anilines is 2. The Morgan fingerprint density at radius 2 is 1.70 bits per heavy atom. The van der Waals surface area contributed by atoms with Gasteiger partial charge in [-0.05, 0) is 42.5 Å². The first-order valence-electron chi connectivity index (χ1n) is 5.66. The van der Waals surface area contributed by atoms with Gasteiger partial charge in [0.05, 0.1) is 5.56 Å². The Morgan fingerprint density at radius 3 is 2.25 bits per heavy atom. The fourth-order valence-electron chi connectivity index (χ4n) is 1.64. The maximum absolute atomic E-state index is 12.0. The number of rotatable bonds is 3. The number of carboxylic acids is 1. The molecule has 2 aromatic rings. The van der Waals surface area contributed by atoms with E-state index in [1.807, 2.05) is 0 Å². The second-order valence-electron chi connectivity index (χ2n) is 4.11. The van der Waals surface area contributed by atoms with Gasteiger partial charge in [-0.3, -0.25) is 4.79 Å². The molecule has 0 saturated carbocycles. The molecule has 2 rings (SSSR count). The molecule has 0 aliphatic rings. The van der Waals surface area contributed by atoms with Gasteiger partial charge in [0.15, 0.2) is 0 Å². The summed E-state index contributed by atoms with van der Waals surface area (Å²) in [5.41, 5.74) is 6.97. The van der Waals surface area contributed by atoms with E-state index in [1.54, 1.807) is 6.07 Å². The van der Waals surface area contributed by atoms with Gasteiger partial charge in [0, 0.05) is 22.0 Å². The number of nitrogen functional groups attached to an aromatic ring is 1. The number of benzene rings is 2. The zero-order chi connectivity index (χ0) is 14.7. The SMILES string of the molecule is Nc1cc(Cl)cc(C(=O)Nc2ccc(C(=O)O)cc2)c1. The highest BCUT2D eigenvalue weighted by Gasteiger charge is 2.09. The van der Waals surface area contributed by atoms with Gasteiger partial charge in [-0.25, -0.2) is 4.79 Å². The number of hydrogen-bond acceptors (Lipinski definition) is 3. The third-order valence-electron chi connectivity index (χ3n) is 2.57. The summed E-state index contributed by atoms with van der Waals surface area (Å²) in [7, 11) is 0. The molecule has 0 spiro atoms. The minimum Gasteiger partial charge on any atom is -0.478 e. The summed E-state index contributed by atoms with van der Waals surface area (Å²) >= 11 is 5.83. The number of nitrogens with two attached hydrogens (primary N) is 1. The molecule has 4 N–H and O–H groups in total. The third-order valence-corrected chi connectivity index (χ3v) is 2.79. The number of carbonyl (C=O) groups excluding carboxylic acids is 1. The lowest BCUT2D eigenvalue weighted by molar-refractivity contribution is 0.0696. The zero-order valence-electron chi connectivity index (χ0n) is 10.3. The van der Waals surface area contributed by atoms with Crippen LogP contribution in [0.5, 0.6) is 0 Å². The van der Waals surface area contributed by atoms with Crippen LogP contribution in [0.2, 0.25) is 5.02 Å². The molecule has 0 fully saturated rings. The van der Waals surface area contributed by atoms with Gasteiger partial charge in [-0.1, -0.05) is 11.6 Å². The van der Waals surface area contributed by atoms with E-state index in [4.69, 9.17) is 22.4 Å². The van der Waals surface area contributed by atoms with Crippen LogP contribution in [0.15, 0.2) is 42.5 Å². The van der Waals surface area contributed by atoms with Crippen molar-refractivity contribution in [1.82, 2.24) is 0 Å². The van der Waals surface area contributed by atoms with Gasteiger partial charge in [0.2, 0.25) is 0 Å². The lowest BCUT2D eigenvalue weighted by Crippen LogP contribution is -2.12. The van der Waals surface area contributed by atoms with Gasteiger partial charge >= 0.3 is 5.97 Å². The van der Waals surface area contributed by atoms with Crippen LogP contribution < -0.4 is 11.1 Å². The maximum atomic E-state index is 12.0. The van der Waals surface area contributed by atoms with Crippen LogP contribution >= 0.6 is 11.6 Å². The van der Waals surface area contributed by atoms with Crippen molar-refractivity contribution in [2.24, 2.45) is 0 Å². The van der Waals surface area contributed by atoms with Gasteiger partial charge in [0.1, 0.15) is 0 Å². The standard InChI is InChI=1S/C14H11ClN2O3/c15-10-5-9(6-11(16)7-10)13(18)17-12-3-1-8(2-4-12)14(19)20/h1-7H,16H2,(H,17,18)(H,19,20). The molecular weight excluding hydrogens is 280 g/mol. The molecule has 0 atom stereocenters. The zero-order valence-corrected chi connectivity index (χ0v) is 11.0. The van der Waals surface area contributed by atoms with E-state index in [9.17, 15) is 9.59 Å². The topological polar surface area (TPSA) is 92.4 Å². The van der Waals surface area contributed by atoms with E-state index in [2.05, 4.69) is 5.32 Å². The molecular formula is C14H11ClN2O3. The number of nitrogens with one attached hydrogen (secondary N) is 1. The van der Waals surface area contributed by atoms with Crippen LogP contribution in [0.25, 0.3) is 0 Å². The first-order chi connectivity index (χ1) is 9.45. The summed E-state index contributed by atoms with van der Waals surface area (Å²) in [4.78, 5) is 22.7. The first kappa shape index (κ1) is 13.9. The van der Waals surface area contributed by atoms with Crippen molar-refractivity contribution >= 4 is 34.9 Å². The van der Waals surface area contributed by atoms with E-state index in [-0.39, 0.29) is 11.5 Å². The Labute approximate surface area is 120 Å². The number of amides is 1. The Morgan fingerprint density at radius 1 is 1.05 bits per heavy atom. The van der Waals surface area contributed by atoms with Crippen molar-refractivity contribution in [1.29, 1.82) is 0 Å². The molecule has 20 heavy (non-hydrogen) atoms. The second-order valence-corrected chi connectivity index (χ2v) is 4.55. The largest absolute Gasteiger partial charge is 0.478 e. The van der Waals surface area contributed by atoms with Crippen molar-refractivity contribution < 1.29 is 14.7 Å². The van der Waals surface area contributed by atoms with E-state index in [0.29, 0.717) is 22.0 Å². The predicted octanol–water partition coefficient (Wildman–Crippen LogP) is 2.87. The summed E-state index contributed by atoms with van der Waals surface area (Å²) in [6.45, 7) is 0. The second kappa shape index (κ2) is 5.63. The first-order valence-corrected chi connectivity index (χ1v) is 6.04. The predicted molar refractivity (Wildman–Crippen MR) is 77.2 cm³/mol. The Hall–Kier alpha value is -2.53. The highest BCUT2D eigenvalue weighted by Crippen LogP contribution is 2.18. The molecule has 0 aliphatic carbocycles. The van der Waals surface area contributed by atoms with Crippen molar-refractivity contribution in [2.45, 2.75) is 0 Å². The van der Waals surface area contributed by atoms with E-state index < -0.39 is 5.97 Å². The van der Waals surface area contributed by atoms with Gasteiger partial charge in [-0.15, -0.1) is 0 Å². The Balaban J connectivity index is 2.16. The highest BCUT2D eigenvalue weighted by molar-refractivity contribution is 6.31. The smallest absolute Gasteiger partial charge is 0.335 e. The minimum absolute atomic E-state index is 0.148. The molecule has 2 aromatic carbocycles. The van der Waals surface area contributed by atoms with Crippen LogP contribution in [0.4, 0.5) is 11.4 Å². The molecule has 0 bridgehead atoms. The van der Waals surface area contributed by atoms with Crippen LogP contribution in [0.1, 0.15) is 20.7 Å². The molecule has 6 heteroatoms. The van der Waals surface area contributed by atoms with Crippen LogP contribution in [0, 0.1) is 0 Å². The highest BCUT2D eigenvalue weighted by atomic mass is 35.5. The molecule has 0 aromatic heterocycles. The molecule has 0 aliphatic heterocycles. The fraction of sp³-hybridized carbons (Fsp3) is 0. The van der Waals surface area contributed by atoms with Crippen LogP contribution in [0.3, 0.4) is 0 Å². The lowest BCUT2D eigenvalue weighted by atomic mass is 10.1. The monoisotopic (exact) mass is 290 g/mol. The van der Waals surface area contributed by atoms with Crippen molar-refractivity contribution in [2.75, 3.05) is 11.1 Å². The lowest BCUT2D eigenvalue weighted by Gasteiger charge is -2.07. The maximum Gasteiger partial charge on any atom is 0.335 e. The van der Waals surface area contributed by atoms with Crippen LogP contribution in [-0.2, 0) is 0 Å². The Bertz CT molecular complexity index is 648. The quantitative estimate of drug-likeness (QED) is 0.758. The van der Waals surface area contributed by atoms with Gasteiger partial charge in [-0.2, -0.15) is 0 Å². The van der Waals surface area contributed by atoms with Crippen molar-refractivity contribution in [3.05, 3.63) is 58.6 Å². The number of aromatic carboxylic acids is 1. The number of hydrogen-bond donors (Lipinski definition) is 3. The molecule has 0 heterocycles. The van der Waals surface area contributed by atoms with Crippen molar-refractivity contribution in [3.63, 3.8) is 0 Å². The molecule has 0 unspecified atom stereocenters. The average Bonchev–Trinajstić information content (AvgIpc) is 2.38. The summed E-state index contributed by atoms with van der Waals surface area (Å²) < 4.78 is 0. The Kier molecular flexibility index (Phi) is 3.91. The fourth-order valence-corrected chi connectivity index (χ4v) is 1.89. The average molecular weight is 291 g/mol. The van der Waals surface area contributed by atoms with E-state index >= 15 is 0 Å². The third kappa shape index (κ3) is 3.27.